The van der Waals surface area contributed by atoms with Crippen molar-refractivity contribution in [2.75, 3.05) is 18.5 Å². The van der Waals surface area contributed by atoms with Crippen molar-refractivity contribution in [3.8, 4) is 0 Å². The lowest BCUT2D eigenvalue weighted by Crippen LogP contribution is -2.27. The number of halogens is 1. The van der Waals surface area contributed by atoms with Gasteiger partial charge in [0.2, 0.25) is 0 Å². The van der Waals surface area contributed by atoms with E-state index < -0.39 is 0 Å². The summed E-state index contributed by atoms with van der Waals surface area (Å²) in [5, 5.41) is 4.43. The van der Waals surface area contributed by atoms with E-state index in [9.17, 15) is 0 Å². The monoisotopic (exact) mass is 306 g/mol. The lowest BCUT2D eigenvalue weighted by atomic mass is 9.89. The van der Waals surface area contributed by atoms with E-state index in [1.807, 2.05) is 0 Å². The second-order valence-corrected chi connectivity index (χ2v) is 7.23. The SMILES string of the molecule is CN(CC1CCCCC1)c1ccc(CNC2CC2)cc1Cl. The van der Waals surface area contributed by atoms with E-state index in [-0.39, 0.29) is 0 Å². The Bertz CT molecular complexity index is 464. The summed E-state index contributed by atoms with van der Waals surface area (Å²) in [7, 11) is 2.18. The van der Waals surface area contributed by atoms with Crippen molar-refractivity contribution in [2.24, 2.45) is 5.92 Å². The molecule has 116 valence electrons. The molecule has 2 aliphatic rings. The van der Waals surface area contributed by atoms with Crippen molar-refractivity contribution in [3.05, 3.63) is 28.8 Å². The van der Waals surface area contributed by atoms with E-state index in [0.29, 0.717) is 0 Å². The molecule has 0 saturated heterocycles. The van der Waals surface area contributed by atoms with E-state index in [1.54, 1.807) is 0 Å². The molecule has 2 saturated carbocycles. The highest BCUT2D eigenvalue weighted by Gasteiger charge is 2.20. The van der Waals surface area contributed by atoms with Crippen molar-refractivity contribution in [3.63, 3.8) is 0 Å². The smallest absolute Gasteiger partial charge is 0.0642 e. The molecule has 3 heteroatoms. The van der Waals surface area contributed by atoms with Gasteiger partial charge in [-0.05, 0) is 49.3 Å². The third-order valence-corrected chi connectivity index (χ3v) is 5.16. The maximum Gasteiger partial charge on any atom is 0.0642 e. The number of rotatable bonds is 6. The quantitative estimate of drug-likeness (QED) is 0.825. The molecule has 0 heterocycles. The maximum absolute atomic E-state index is 6.50. The van der Waals surface area contributed by atoms with Crippen LogP contribution in [0.5, 0.6) is 0 Å². The molecule has 2 nitrogen and oxygen atoms in total. The van der Waals surface area contributed by atoms with Crippen molar-refractivity contribution in [1.29, 1.82) is 0 Å². The number of hydrogen-bond acceptors (Lipinski definition) is 2. The minimum atomic E-state index is 0.748. The molecule has 1 N–H and O–H groups in total. The fraction of sp³-hybridized carbons (Fsp3) is 0.667. The Kier molecular flexibility index (Phi) is 5.07. The Balaban J connectivity index is 1.57. The lowest BCUT2D eigenvalue weighted by Gasteiger charge is -2.29. The Morgan fingerprint density at radius 3 is 2.57 bits per heavy atom. The van der Waals surface area contributed by atoms with Crippen LogP contribution in [-0.2, 0) is 6.54 Å². The molecule has 1 aromatic rings. The fourth-order valence-electron chi connectivity index (χ4n) is 3.37. The van der Waals surface area contributed by atoms with Crippen molar-refractivity contribution in [2.45, 2.75) is 57.5 Å². The number of hydrogen-bond donors (Lipinski definition) is 1. The Hall–Kier alpha value is -0.730. The molecule has 2 fully saturated rings. The van der Waals surface area contributed by atoms with Gasteiger partial charge in [-0.1, -0.05) is 36.9 Å². The average Bonchev–Trinajstić information content (AvgIpc) is 3.30. The van der Waals surface area contributed by atoms with E-state index in [4.69, 9.17) is 11.6 Å². The summed E-state index contributed by atoms with van der Waals surface area (Å²) >= 11 is 6.50. The molecule has 3 rings (SSSR count). The minimum absolute atomic E-state index is 0.748. The van der Waals surface area contributed by atoms with Crippen LogP contribution in [0, 0.1) is 5.92 Å². The summed E-state index contributed by atoms with van der Waals surface area (Å²) in [6.07, 6.45) is 9.64. The zero-order valence-electron chi connectivity index (χ0n) is 13.1. The van der Waals surface area contributed by atoms with E-state index in [2.05, 4.69) is 35.5 Å². The number of nitrogens with zero attached hydrogens (tertiary/aromatic N) is 1. The normalized spacial score (nSPS) is 19.7. The van der Waals surface area contributed by atoms with Crippen LogP contribution in [0.15, 0.2) is 18.2 Å². The summed E-state index contributed by atoms with van der Waals surface area (Å²) in [5.74, 6) is 0.844. The van der Waals surface area contributed by atoms with Crippen LogP contribution in [0.4, 0.5) is 5.69 Å². The molecule has 21 heavy (non-hydrogen) atoms. The first kappa shape index (κ1) is 15.2. The third kappa shape index (κ3) is 4.37. The van der Waals surface area contributed by atoms with Crippen LogP contribution in [0.3, 0.4) is 0 Å². The first-order chi connectivity index (χ1) is 10.2. The third-order valence-electron chi connectivity index (χ3n) is 4.85. The molecule has 0 amide bonds. The van der Waals surface area contributed by atoms with Gasteiger partial charge in [0, 0.05) is 26.2 Å². The van der Waals surface area contributed by atoms with Crippen LogP contribution in [0.25, 0.3) is 0 Å². The minimum Gasteiger partial charge on any atom is -0.373 e. The summed E-state index contributed by atoms with van der Waals surface area (Å²) in [5.41, 5.74) is 2.47. The zero-order chi connectivity index (χ0) is 14.7. The highest BCUT2D eigenvalue weighted by Crippen LogP contribution is 2.30. The van der Waals surface area contributed by atoms with Gasteiger partial charge < -0.3 is 10.2 Å². The summed E-state index contributed by atoms with van der Waals surface area (Å²) in [6, 6.07) is 7.28. The van der Waals surface area contributed by atoms with Gasteiger partial charge in [0.25, 0.3) is 0 Å². The van der Waals surface area contributed by atoms with Gasteiger partial charge in [0.1, 0.15) is 0 Å². The van der Waals surface area contributed by atoms with Gasteiger partial charge in [0.05, 0.1) is 10.7 Å². The Morgan fingerprint density at radius 2 is 1.90 bits per heavy atom. The molecule has 1 aromatic carbocycles. The molecule has 0 bridgehead atoms. The molecular weight excluding hydrogens is 280 g/mol. The molecule has 0 aliphatic heterocycles. The van der Waals surface area contributed by atoms with Crippen molar-refractivity contribution in [1.82, 2.24) is 5.32 Å². The molecule has 0 atom stereocenters. The first-order valence-corrected chi connectivity index (χ1v) is 8.83. The van der Waals surface area contributed by atoms with Crippen LogP contribution in [0.1, 0.15) is 50.5 Å². The standard InChI is InChI=1S/C18H27ClN2/c1-21(13-14-5-3-2-4-6-14)18-10-7-15(11-17(18)19)12-20-16-8-9-16/h7,10-11,14,16,20H,2-6,8-9,12-13H2,1H3. The van der Waals surface area contributed by atoms with Crippen LogP contribution in [-0.4, -0.2) is 19.6 Å². The molecule has 0 spiro atoms. The van der Waals surface area contributed by atoms with Gasteiger partial charge in [0.15, 0.2) is 0 Å². The lowest BCUT2D eigenvalue weighted by molar-refractivity contribution is 0.362. The average molecular weight is 307 g/mol. The fourth-order valence-corrected chi connectivity index (χ4v) is 3.72. The summed E-state index contributed by atoms with van der Waals surface area (Å²) in [6.45, 7) is 2.08. The van der Waals surface area contributed by atoms with Crippen molar-refractivity contribution >= 4 is 17.3 Å². The maximum atomic E-state index is 6.50. The molecule has 0 radical (unpaired) electrons. The Labute approximate surface area is 133 Å². The van der Waals surface area contributed by atoms with Crippen LogP contribution >= 0.6 is 11.6 Å². The van der Waals surface area contributed by atoms with E-state index in [0.717, 1.165) is 30.1 Å². The first-order valence-electron chi connectivity index (χ1n) is 8.45. The van der Waals surface area contributed by atoms with Gasteiger partial charge in [-0.15, -0.1) is 0 Å². The highest BCUT2D eigenvalue weighted by molar-refractivity contribution is 6.33. The second kappa shape index (κ2) is 7.02. The molecule has 2 aliphatic carbocycles. The zero-order valence-corrected chi connectivity index (χ0v) is 13.8. The van der Waals surface area contributed by atoms with Gasteiger partial charge in [-0.3, -0.25) is 0 Å². The number of nitrogens with one attached hydrogen (secondary N) is 1. The highest BCUT2D eigenvalue weighted by atomic mass is 35.5. The largest absolute Gasteiger partial charge is 0.373 e. The Morgan fingerprint density at radius 1 is 1.14 bits per heavy atom. The van der Waals surface area contributed by atoms with Gasteiger partial charge >= 0.3 is 0 Å². The number of benzene rings is 1. The van der Waals surface area contributed by atoms with E-state index in [1.165, 1.54) is 56.2 Å². The number of anilines is 1. The van der Waals surface area contributed by atoms with Gasteiger partial charge in [-0.2, -0.15) is 0 Å². The molecular formula is C18H27ClN2. The predicted molar refractivity (Wildman–Crippen MR) is 91.2 cm³/mol. The van der Waals surface area contributed by atoms with Crippen LogP contribution < -0.4 is 10.2 Å². The van der Waals surface area contributed by atoms with Crippen molar-refractivity contribution < 1.29 is 0 Å². The topological polar surface area (TPSA) is 15.3 Å². The predicted octanol–water partition coefficient (Wildman–Crippen LogP) is 4.61. The summed E-state index contributed by atoms with van der Waals surface area (Å²) in [4.78, 5) is 2.34. The molecule has 0 unspecified atom stereocenters. The second-order valence-electron chi connectivity index (χ2n) is 6.83. The van der Waals surface area contributed by atoms with Crippen LogP contribution in [0.2, 0.25) is 5.02 Å². The van der Waals surface area contributed by atoms with E-state index >= 15 is 0 Å². The summed E-state index contributed by atoms with van der Waals surface area (Å²) < 4.78 is 0. The molecule has 0 aromatic heterocycles. The van der Waals surface area contributed by atoms with Gasteiger partial charge in [-0.25, -0.2) is 0 Å².